The van der Waals surface area contributed by atoms with Gasteiger partial charge in [-0.15, -0.1) is 0 Å². The first kappa shape index (κ1) is 12.4. The average molecular weight is 338 g/mol. The molecule has 0 spiro atoms. The highest BCUT2D eigenvalue weighted by atomic mass is 127. The molecule has 17 heavy (non-hydrogen) atoms. The third kappa shape index (κ3) is 2.29. The van der Waals surface area contributed by atoms with Gasteiger partial charge in [0.15, 0.2) is 0 Å². The molecule has 3 heteroatoms. The van der Waals surface area contributed by atoms with Gasteiger partial charge in [-0.1, -0.05) is 38.6 Å². The second-order valence-electron chi connectivity index (χ2n) is 4.19. The molecule has 0 aliphatic heterocycles. The maximum Gasteiger partial charge on any atom is 0.0799 e. The molecule has 0 bridgehead atoms. The molecule has 2 nitrogen and oxygen atoms in total. The Hall–Kier alpha value is -1.10. The van der Waals surface area contributed by atoms with Crippen LogP contribution in [0.15, 0.2) is 36.9 Å². The van der Waals surface area contributed by atoms with Crippen LogP contribution in [-0.2, 0) is 0 Å². The van der Waals surface area contributed by atoms with Crippen LogP contribution >= 0.6 is 22.6 Å². The molecule has 0 aliphatic carbocycles. The number of benzene rings is 1. The molecule has 2 rings (SSSR count). The summed E-state index contributed by atoms with van der Waals surface area (Å²) in [5.74, 6) is 0.422. The fraction of sp³-hybridized carbons (Fsp3) is 0.214. The Bertz CT molecular complexity index is 527. The highest BCUT2D eigenvalue weighted by Crippen LogP contribution is 2.26. The van der Waals surface area contributed by atoms with E-state index in [2.05, 4.69) is 60.2 Å². The molecule has 0 aliphatic rings. The van der Waals surface area contributed by atoms with Crippen LogP contribution < -0.4 is 0 Å². The number of hydrogen-bond acceptors (Lipinski definition) is 1. The molecule has 0 atom stereocenters. The Balaban J connectivity index is 2.62. The van der Waals surface area contributed by atoms with Crippen molar-refractivity contribution in [2.24, 2.45) is 0 Å². The molecule has 1 heterocycles. The van der Waals surface area contributed by atoms with Crippen LogP contribution in [0, 0.1) is 3.57 Å². The quantitative estimate of drug-likeness (QED) is 0.766. The maximum absolute atomic E-state index is 4.69. The molecule has 0 saturated heterocycles. The summed E-state index contributed by atoms with van der Waals surface area (Å²) in [6.07, 6.45) is 1.87. The zero-order chi connectivity index (χ0) is 12.4. The van der Waals surface area contributed by atoms with Crippen molar-refractivity contribution in [3.8, 4) is 5.69 Å². The van der Waals surface area contributed by atoms with E-state index in [1.165, 1.54) is 3.57 Å². The van der Waals surface area contributed by atoms with E-state index in [9.17, 15) is 0 Å². The van der Waals surface area contributed by atoms with E-state index in [1.54, 1.807) is 0 Å². The van der Waals surface area contributed by atoms with Gasteiger partial charge in [-0.2, -0.15) is 5.10 Å². The van der Waals surface area contributed by atoms with E-state index >= 15 is 0 Å². The van der Waals surface area contributed by atoms with E-state index in [0.29, 0.717) is 5.92 Å². The lowest BCUT2D eigenvalue weighted by Crippen LogP contribution is -1.99. The van der Waals surface area contributed by atoms with Crippen LogP contribution in [0.4, 0.5) is 0 Å². The molecule has 0 unspecified atom stereocenters. The summed E-state index contributed by atoms with van der Waals surface area (Å²) in [5.41, 5.74) is 3.28. The molecule has 2 aromatic rings. The number of halogens is 1. The Morgan fingerprint density at radius 1 is 1.29 bits per heavy atom. The van der Waals surface area contributed by atoms with Gasteiger partial charge in [0.25, 0.3) is 0 Å². The van der Waals surface area contributed by atoms with E-state index in [-0.39, 0.29) is 0 Å². The largest absolute Gasteiger partial charge is 0.232 e. The van der Waals surface area contributed by atoms with Crippen molar-refractivity contribution >= 4 is 28.7 Å². The summed E-state index contributed by atoms with van der Waals surface area (Å²) in [7, 11) is 0. The van der Waals surface area contributed by atoms with Gasteiger partial charge >= 0.3 is 0 Å². The second kappa shape index (κ2) is 5.04. The zero-order valence-corrected chi connectivity index (χ0v) is 12.2. The van der Waals surface area contributed by atoms with E-state index in [0.717, 1.165) is 17.1 Å². The predicted octanol–water partition coefficient (Wildman–Crippen LogP) is 4.24. The van der Waals surface area contributed by atoms with Crippen molar-refractivity contribution in [3.63, 3.8) is 0 Å². The van der Waals surface area contributed by atoms with Gasteiger partial charge in [0, 0.05) is 0 Å². The van der Waals surface area contributed by atoms with Gasteiger partial charge in [0.05, 0.1) is 20.6 Å². The Kier molecular flexibility index (Phi) is 3.66. The van der Waals surface area contributed by atoms with Gasteiger partial charge in [0.2, 0.25) is 0 Å². The molecule has 0 radical (unpaired) electrons. The topological polar surface area (TPSA) is 17.8 Å². The summed E-state index contributed by atoms with van der Waals surface area (Å²) in [6.45, 7) is 8.20. The lowest BCUT2D eigenvalue weighted by atomic mass is 10.1. The summed E-state index contributed by atoms with van der Waals surface area (Å²) >= 11 is 2.35. The first-order chi connectivity index (χ1) is 8.15. The van der Waals surface area contributed by atoms with Crippen LogP contribution in [0.3, 0.4) is 0 Å². The number of hydrogen-bond donors (Lipinski definition) is 0. The predicted molar refractivity (Wildman–Crippen MR) is 80.5 cm³/mol. The summed E-state index contributed by atoms with van der Waals surface area (Å²) in [4.78, 5) is 0. The van der Waals surface area contributed by atoms with E-state index < -0.39 is 0 Å². The highest BCUT2D eigenvalue weighted by molar-refractivity contribution is 14.1. The lowest BCUT2D eigenvalue weighted by molar-refractivity contribution is 0.764. The fourth-order valence-electron chi connectivity index (χ4n) is 1.74. The normalized spacial score (nSPS) is 10.8. The van der Waals surface area contributed by atoms with Gasteiger partial charge in [-0.3, -0.25) is 0 Å². The van der Waals surface area contributed by atoms with Gasteiger partial charge in [-0.25, -0.2) is 4.68 Å². The fourth-order valence-corrected chi connectivity index (χ4v) is 2.92. The van der Waals surface area contributed by atoms with Crippen molar-refractivity contribution in [1.82, 2.24) is 9.78 Å². The van der Waals surface area contributed by atoms with Crippen molar-refractivity contribution in [2.45, 2.75) is 19.8 Å². The molecular weight excluding hydrogens is 323 g/mol. The van der Waals surface area contributed by atoms with Crippen molar-refractivity contribution in [3.05, 3.63) is 51.9 Å². The number of nitrogens with zero attached hydrogens (tertiary/aromatic N) is 2. The lowest BCUT2D eigenvalue weighted by Gasteiger charge is -2.03. The van der Waals surface area contributed by atoms with Crippen LogP contribution in [-0.4, -0.2) is 9.78 Å². The van der Waals surface area contributed by atoms with Crippen LogP contribution in [0.2, 0.25) is 0 Å². The zero-order valence-electron chi connectivity index (χ0n) is 10.0. The molecule has 0 saturated carbocycles. The first-order valence-corrected chi connectivity index (χ1v) is 6.69. The monoisotopic (exact) mass is 338 g/mol. The number of aromatic nitrogens is 2. The molecular formula is C14H15IN2. The smallest absolute Gasteiger partial charge is 0.0799 e. The second-order valence-corrected chi connectivity index (χ2v) is 5.27. The first-order valence-electron chi connectivity index (χ1n) is 5.61. The number of para-hydroxylation sites is 1. The minimum Gasteiger partial charge on any atom is -0.232 e. The Labute approximate surface area is 115 Å². The number of rotatable bonds is 3. The van der Waals surface area contributed by atoms with Crippen LogP contribution in [0.25, 0.3) is 11.8 Å². The third-order valence-corrected chi connectivity index (χ3v) is 3.73. The van der Waals surface area contributed by atoms with Gasteiger partial charge in [-0.05, 0) is 46.7 Å². The molecule has 1 aromatic carbocycles. The summed E-state index contributed by atoms with van der Waals surface area (Å²) in [5, 5.41) is 4.69. The van der Waals surface area contributed by atoms with Crippen molar-refractivity contribution < 1.29 is 0 Å². The van der Waals surface area contributed by atoms with Crippen LogP contribution in [0.5, 0.6) is 0 Å². The SMILES string of the molecule is C=Cc1c(I)c(C(C)C)nn1-c1ccccc1. The van der Waals surface area contributed by atoms with Crippen molar-refractivity contribution in [2.75, 3.05) is 0 Å². The molecule has 1 aromatic heterocycles. The highest BCUT2D eigenvalue weighted by Gasteiger charge is 2.16. The maximum atomic E-state index is 4.69. The third-order valence-electron chi connectivity index (χ3n) is 2.63. The molecule has 0 N–H and O–H groups in total. The van der Waals surface area contributed by atoms with Gasteiger partial charge in [0.1, 0.15) is 0 Å². The Morgan fingerprint density at radius 2 is 1.94 bits per heavy atom. The molecule has 88 valence electrons. The van der Waals surface area contributed by atoms with E-state index in [4.69, 9.17) is 0 Å². The average Bonchev–Trinajstić information content (AvgIpc) is 2.67. The minimum atomic E-state index is 0.422. The van der Waals surface area contributed by atoms with Crippen LogP contribution in [0.1, 0.15) is 31.2 Å². The molecule has 0 fully saturated rings. The Morgan fingerprint density at radius 3 is 2.47 bits per heavy atom. The van der Waals surface area contributed by atoms with E-state index in [1.807, 2.05) is 29.0 Å². The standard InChI is InChI=1S/C14H15IN2/c1-4-12-13(15)14(10(2)3)16-17(12)11-8-6-5-7-9-11/h4-10H,1H2,2-3H3. The minimum absolute atomic E-state index is 0.422. The van der Waals surface area contributed by atoms with Crippen molar-refractivity contribution in [1.29, 1.82) is 0 Å². The summed E-state index contributed by atoms with van der Waals surface area (Å²) in [6, 6.07) is 10.2. The van der Waals surface area contributed by atoms with Gasteiger partial charge < -0.3 is 0 Å². The molecule has 0 amide bonds. The summed E-state index contributed by atoms with van der Waals surface area (Å²) < 4.78 is 3.15.